The average Bonchev–Trinajstić information content (AvgIpc) is 3.39. The summed E-state index contributed by atoms with van der Waals surface area (Å²) in [4.78, 5) is 13.9. The summed E-state index contributed by atoms with van der Waals surface area (Å²) in [6, 6.07) is 0. The van der Waals surface area contributed by atoms with Gasteiger partial charge < -0.3 is 4.57 Å². The summed E-state index contributed by atoms with van der Waals surface area (Å²) in [5, 5.41) is 9.20. The highest BCUT2D eigenvalue weighted by atomic mass is 15.3. The Morgan fingerprint density at radius 1 is 0.893 bits per heavy atom. The molecule has 0 radical (unpaired) electrons. The topological polar surface area (TPSA) is 63.0 Å². The molecule has 2 aliphatic rings. The Morgan fingerprint density at radius 3 is 2.21 bits per heavy atom. The summed E-state index contributed by atoms with van der Waals surface area (Å²) >= 11 is 0. The van der Waals surface area contributed by atoms with Crippen molar-refractivity contribution in [2.24, 2.45) is 0 Å². The predicted octanol–water partition coefficient (Wildman–Crippen LogP) is 2.63. The smallest absolute Gasteiger partial charge is 0.147 e. The molecule has 2 aliphatic heterocycles. The Balaban J connectivity index is 1.34. The van der Waals surface area contributed by atoms with Crippen LogP contribution in [0.15, 0.2) is 12.4 Å². The Morgan fingerprint density at radius 2 is 1.57 bits per heavy atom. The molecule has 0 unspecified atom stereocenters. The van der Waals surface area contributed by atoms with E-state index in [9.17, 15) is 0 Å². The van der Waals surface area contributed by atoms with E-state index in [1.54, 1.807) is 0 Å². The number of hydrogen-bond donors (Lipinski definition) is 0. The summed E-state index contributed by atoms with van der Waals surface area (Å²) in [7, 11) is 0. The zero-order valence-electron chi connectivity index (χ0n) is 17.3. The highest BCUT2D eigenvalue weighted by Gasteiger charge is 2.26. The van der Waals surface area contributed by atoms with Gasteiger partial charge >= 0.3 is 0 Å². The summed E-state index contributed by atoms with van der Waals surface area (Å²) in [6.07, 6.45) is 9.79. The second-order valence-corrected chi connectivity index (χ2v) is 8.11. The largest absolute Gasteiger partial charge is 0.314 e. The van der Waals surface area contributed by atoms with Gasteiger partial charge in [-0.2, -0.15) is 0 Å². The van der Waals surface area contributed by atoms with Crippen molar-refractivity contribution in [1.29, 1.82) is 0 Å². The third-order valence-corrected chi connectivity index (χ3v) is 6.17. The molecule has 0 atom stereocenters. The molecule has 28 heavy (non-hydrogen) atoms. The normalized spacial score (nSPS) is 19.5. The molecule has 2 aromatic heterocycles. The maximum absolute atomic E-state index is 4.63. The first-order valence-corrected chi connectivity index (χ1v) is 10.9. The molecule has 2 aromatic rings. The molecule has 2 fully saturated rings. The number of rotatable bonds is 7. The number of aromatic nitrogens is 5. The van der Waals surface area contributed by atoms with E-state index in [0.29, 0.717) is 5.92 Å². The molecule has 0 aromatic carbocycles. The van der Waals surface area contributed by atoms with Crippen molar-refractivity contribution in [2.75, 3.05) is 26.2 Å². The second-order valence-electron chi connectivity index (χ2n) is 8.11. The van der Waals surface area contributed by atoms with Crippen LogP contribution in [0.5, 0.6) is 0 Å². The van der Waals surface area contributed by atoms with Crippen molar-refractivity contribution in [2.45, 2.75) is 71.5 Å². The van der Waals surface area contributed by atoms with E-state index in [0.717, 1.165) is 63.6 Å². The third-order valence-electron chi connectivity index (χ3n) is 6.17. The Kier molecular flexibility index (Phi) is 6.32. The van der Waals surface area contributed by atoms with E-state index in [4.69, 9.17) is 0 Å². The van der Waals surface area contributed by atoms with Crippen LogP contribution >= 0.6 is 0 Å². The van der Waals surface area contributed by atoms with Crippen molar-refractivity contribution in [3.8, 4) is 0 Å². The molecule has 7 nitrogen and oxygen atoms in total. The number of likely N-dealkylation sites (tertiary alicyclic amines) is 2. The van der Waals surface area contributed by atoms with Crippen LogP contribution in [0.2, 0.25) is 0 Å². The van der Waals surface area contributed by atoms with Crippen LogP contribution in [-0.2, 0) is 26.1 Å². The van der Waals surface area contributed by atoms with Gasteiger partial charge in [-0.1, -0.05) is 6.92 Å². The van der Waals surface area contributed by atoms with Crippen LogP contribution in [0.1, 0.15) is 68.5 Å². The lowest BCUT2D eigenvalue weighted by Crippen LogP contribution is -2.33. The van der Waals surface area contributed by atoms with Gasteiger partial charge in [-0.3, -0.25) is 9.80 Å². The van der Waals surface area contributed by atoms with E-state index >= 15 is 0 Å². The molecule has 0 saturated carbocycles. The van der Waals surface area contributed by atoms with Gasteiger partial charge in [0.1, 0.15) is 17.5 Å². The van der Waals surface area contributed by atoms with E-state index in [1.807, 2.05) is 12.4 Å². The number of aryl methyl sites for hydroxylation is 1. The van der Waals surface area contributed by atoms with Gasteiger partial charge in [-0.15, -0.1) is 10.2 Å². The van der Waals surface area contributed by atoms with Crippen molar-refractivity contribution < 1.29 is 0 Å². The number of piperidine rings is 1. The molecule has 7 heteroatoms. The van der Waals surface area contributed by atoms with Crippen molar-refractivity contribution in [3.05, 3.63) is 35.4 Å². The summed E-state index contributed by atoms with van der Waals surface area (Å²) in [6.45, 7) is 11.8. The quantitative estimate of drug-likeness (QED) is 0.732. The molecule has 0 bridgehead atoms. The molecule has 4 heterocycles. The van der Waals surface area contributed by atoms with Crippen LogP contribution in [0.4, 0.5) is 0 Å². The van der Waals surface area contributed by atoms with Gasteiger partial charge in [0.05, 0.1) is 6.54 Å². The molecular weight excluding hydrogens is 350 g/mol. The summed E-state index contributed by atoms with van der Waals surface area (Å²) in [5.41, 5.74) is 1.21. The van der Waals surface area contributed by atoms with Crippen molar-refractivity contribution >= 4 is 0 Å². The van der Waals surface area contributed by atoms with E-state index in [1.165, 1.54) is 37.3 Å². The molecule has 0 N–H and O–H groups in total. The highest BCUT2D eigenvalue weighted by molar-refractivity contribution is 5.07. The molecule has 152 valence electrons. The van der Waals surface area contributed by atoms with Gasteiger partial charge in [0, 0.05) is 43.4 Å². The van der Waals surface area contributed by atoms with Crippen LogP contribution < -0.4 is 0 Å². The standard InChI is InChI=1S/C21H33N7/c1-3-19-22-13-17(14-23-19)15-27-11-7-18(8-12-27)21-25-24-20(28(21)4-2)16-26-9-5-6-10-26/h13-14,18H,3-12,15-16H2,1-2H3. The minimum absolute atomic E-state index is 0.523. The average molecular weight is 384 g/mol. The first-order chi connectivity index (χ1) is 13.8. The van der Waals surface area contributed by atoms with Gasteiger partial charge in [0.15, 0.2) is 0 Å². The zero-order chi connectivity index (χ0) is 19.3. The molecule has 2 saturated heterocycles. The van der Waals surface area contributed by atoms with E-state index in [2.05, 4.69) is 48.4 Å². The van der Waals surface area contributed by atoms with Crippen LogP contribution in [-0.4, -0.2) is 60.7 Å². The van der Waals surface area contributed by atoms with Crippen LogP contribution in [0, 0.1) is 0 Å². The fourth-order valence-corrected chi connectivity index (χ4v) is 4.51. The minimum atomic E-state index is 0.523. The van der Waals surface area contributed by atoms with Gasteiger partial charge in [-0.05, 0) is 58.8 Å². The second kappa shape index (κ2) is 9.09. The predicted molar refractivity (Wildman–Crippen MR) is 109 cm³/mol. The van der Waals surface area contributed by atoms with Gasteiger partial charge in [-0.25, -0.2) is 9.97 Å². The highest BCUT2D eigenvalue weighted by Crippen LogP contribution is 2.28. The van der Waals surface area contributed by atoms with Gasteiger partial charge in [0.25, 0.3) is 0 Å². The lowest BCUT2D eigenvalue weighted by molar-refractivity contribution is 0.199. The first-order valence-electron chi connectivity index (χ1n) is 10.9. The third kappa shape index (κ3) is 4.41. The van der Waals surface area contributed by atoms with E-state index < -0.39 is 0 Å². The Hall–Kier alpha value is -1.86. The maximum atomic E-state index is 4.63. The SMILES string of the molecule is CCc1ncc(CN2CCC(c3nnc(CN4CCCC4)n3CC)CC2)cn1. The fourth-order valence-electron chi connectivity index (χ4n) is 4.51. The lowest BCUT2D eigenvalue weighted by atomic mass is 9.95. The Labute approximate surface area is 168 Å². The molecule has 0 aliphatic carbocycles. The molecule has 0 amide bonds. The monoisotopic (exact) mass is 383 g/mol. The van der Waals surface area contributed by atoms with Gasteiger partial charge in [0.2, 0.25) is 0 Å². The van der Waals surface area contributed by atoms with E-state index in [-0.39, 0.29) is 0 Å². The molecule has 0 spiro atoms. The summed E-state index contributed by atoms with van der Waals surface area (Å²) < 4.78 is 2.37. The van der Waals surface area contributed by atoms with Crippen LogP contribution in [0.25, 0.3) is 0 Å². The van der Waals surface area contributed by atoms with Crippen LogP contribution in [0.3, 0.4) is 0 Å². The Bertz CT molecular complexity index is 741. The maximum Gasteiger partial charge on any atom is 0.147 e. The fraction of sp³-hybridized carbons (Fsp3) is 0.714. The van der Waals surface area contributed by atoms with Crippen molar-refractivity contribution in [3.63, 3.8) is 0 Å². The van der Waals surface area contributed by atoms with Crippen molar-refractivity contribution in [1.82, 2.24) is 34.5 Å². The number of hydrogen-bond acceptors (Lipinski definition) is 6. The summed E-state index contributed by atoms with van der Waals surface area (Å²) in [5.74, 6) is 3.79. The minimum Gasteiger partial charge on any atom is -0.314 e. The molecule has 4 rings (SSSR count). The number of nitrogens with zero attached hydrogens (tertiary/aromatic N) is 7. The zero-order valence-corrected chi connectivity index (χ0v) is 17.3. The first kappa shape index (κ1) is 19.5. The lowest BCUT2D eigenvalue weighted by Gasteiger charge is -2.31. The molecular formula is C21H33N7.